The van der Waals surface area contributed by atoms with Crippen molar-refractivity contribution < 1.29 is 14.3 Å². The van der Waals surface area contributed by atoms with Crippen LogP contribution in [0.1, 0.15) is 27.3 Å². The number of benzene rings is 2. The fraction of sp³-hybridized carbons (Fsp3) is 0.0870. The van der Waals surface area contributed by atoms with E-state index in [2.05, 4.69) is 4.98 Å². The topological polar surface area (TPSA) is 56.3 Å². The van der Waals surface area contributed by atoms with E-state index in [1.54, 1.807) is 42.5 Å². The van der Waals surface area contributed by atoms with Crippen molar-refractivity contribution in [3.8, 4) is 0 Å². The molecule has 134 valence electrons. The molecule has 1 aromatic heterocycles. The molecule has 0 unspecified atom stereocenters. The summed E-state index contributed by atoms with van der Waals surface area (Å²) in [6, 6.07) is 23.3. The van der Waals surface area contributed by atoms with Crippen LogP contribution in [0.3, 0.4) is 0 Å². The first kappa shape index (κ1) is 18.3. The lowest BCUT2D eigenvalue weighted by molar-refractivity contribution is -0.133. The molecule has 0 atom stereocenters. The van der Waals surface area contributed by atoms with Gasteiger partial charge in [-0.25, -0.2) is 4.79 Å². The average molecular weight is 357 g/mol. The van der Waals surface area contributed by atoms with E-state index < -0.39 is 5.97 Å². The van der Waals surface area contributed by atoms with Crippen molar-refractivity contribution in [3.63, 3.8) is 0 Å². The van der Waals surface area contributed by atoms with Crippen molar-refractivity contribution in [2.24, 2.45) is 0 Å². The van der Waals surface area contributed by atoms with Gasteiger partial charge in [0, 0.05) is 11.3 Å². The van der Waals surface area contributed by atoms with Gasteiger partial charge < -0.3 is 4.74 Å². The van der Waals surface area contributed by atoms with E-state index in [-0.39, 0.29) is 16.9 Å². The number of Topliss-reactive ketones (excluding diaryl/α,β-unsaturated/α-hetero) is 1. The van der Waals surface area contributed by atoms with E-state index in [4.69, 9.17) is 4.74 Å². The zero-order valence-corrected chi connectivity index (χ0v) is 15.2. The van der Waals surface area contributed by atoms with Crippen LogP contribution in [0.4, 0.5) is 0 Å². The molecule has 0 bridgehead atoms. The zero-order chi connectivity index (χ0) is 19.2. The van der Waals surface area contributed by atoms with Crippen molar-refractivity contribution >= 4 is 22.9 Å². The van der Waals surface area contributed by atoms with Crippen LogP contribution in [-0.2, 0) is 9.53 Å². The van der Waals surface area contributed by atoms with Gasteiger partial charge in [-0.05, 0) is 24.6 Å². The second-order valence-electron chi connectivity index (χ2n) is 5.97. The number of hydrogen-bond donors (Lipinski definition) is 0. The Morgan fingerprint density at radius 3 is 1.89 bits per heavy atom. The maximum Gasteiger partial charge on any atom is 0.339 e. The van der Waals surface area contributed by atoms with Gasteiger partial charge in [-0.2, -0.15) is 0 Å². The number of carbonyl (C=O) groups is 2. The van der Waals surface area contributed by atoms with E-state index in [1.165, 1.54) is 7.11 Å². The van der Waals surface area contributed by atoms with Crippen molar-refractivity contribution in [2.45, 2.75) is 6.92 Å². The summed E-state index contributed by atoms with van der Waals surface area (Å²) in [7, 11) is 1.31. The van der Waals surface area contributed by atoms with Gasteiger partial charge in [0.1, 0.15) is 0 Å². The summed E-state index contributed by atoms with van der Waals surface area (Å²) >= 11 is 0. The quantitative estimate of drug-likeness (QED) is 0.387. The summed E-state index contributed by atoms with van der Waals surface area (Å²) < 4.78 is 5.01. The van der Waals surface area contributed by atoms with Crippen molar-refractivity contribution in [2.75, 3.05) is 7.11 Å². The number of aryl methyl sites for hydroxylation is 1. The smallest absolute Gasteiger partial charge is 0.339 e. The van der Waals surface area contributed by atoms with Crippen LogP contribution in [0.2, 0.25) is 0 Å². The van der Waals surface area contributed by atoms with Crippen molar-refractivity contribution in [3.05, 3.63) is 101 Å². The summed E-state index contributed by atoms with van der Waals surface area (Å²) in [5.41, 5.74) is 2.70. The van der Waals surface area contributed by atoms with Gasteiger partial charge in [0.15, 0.2) is 5.78 Å². The van der Waals surface area contributed by atoms with E-state index in [0.29, 0.717) is 16.8 Å². The van der Waals surface area contributed by atoms with Crippen LogP contribution in [-0.4, -0.2) is 23.8 Å². The molecule has 3 aromatic rings. The van der Waals surface area contributed by atoms with Crippen LogP contribution in [0.5, 0.6) is 0 Å². The molecule has 4 nitrogen and oxygen atoms in total. The van der Waals surface area contributed by atoms with E-state index in [9.17, 15) is 9.59 Å². The zero-order valence-electron chi connectivity index (χ0n) is 15.2. The number of nitrogens with zero attached hydrogens (tertiary/aromatic N) is 1. The highest BCUT2D eigenvalue weighted by Gasteiger charge is 2.26. The van der Waals surface area contributed by atoms with E-state index >= 15 is 0 Å². The van der Waals surface area contributed by atoms with Gasteiger partial charge in [0.05, 0.1) is 23.9 Å². The summed E-state index contributed by atoms with van der Waals surface area (Å²) in [5, 5.41) is 0. The molecule has 4 heteroatoms. The fourth-order valence-electron chi connectivity index (χ4n) is 2.85. The molecule has 1 heterocycles. The van der Waals surface area contributed by atoms with Crippen LogP contribution in [0, 0.1) is 6.92 Å². The lowest BCUT2D eigenvalue weighted by Gasteiger charge is -2.14. The molecule has 0 aliphatic heterocycles. The summed E-state index contributed by atoms with van der Waals surface area (Å²) in [6.07, 6.45) is 0. The number of ether oxygens (including phenoxy) is 1. The third-order valence-corrected chi connectivity index (χ3v) is 4.11. The molecule has 0 saturated heterocycles. The Morgan fingerprint density at radius 2 is 1.33 bits per heavy atom. The maximum absolute atomic E-state index is 13.4. The Balaban J connectivity index is 2.34. The molecule has 2 aromatic carbocycles. The standard InChI is InChI=1S/C23H19NO3/c1-16-10-9-15-19(24-16)21(22(25)18-13-7-4-8-14-18)20(23(26)27-2)17-11-5-3-6-12-17/h3-15H,1-2H3/b21-20-. The van der Waals surface area contributed by atoms with Gasteiger partial charge >= 0.3 is 5.97 Å². The monoisotopic (exact) mass is 357 g/mol. The molecule has 0 N–H and O–H groups in total. The van der Waals surface area contributed by atoms with Crippen molar-refractivity contribution in [1.82, 2.24) is 4.98 Å². The first-order valence-corrected chi connectivity index (χ1v) is 8.53. The Kier molecular flexibility index (Phi) is 5.57. The molecular formula is C23H19NO3. The Labute approximate surface area is 158 Å². The molecule has 0 radical (unpaired) electrons. The summed E-state index contributed by atoms with van der Waals surface area (Å²) in [4.78, 5) is 30.6. The SMILES string of the molecule is COC(=O)/C(=C(\C(=O)c1ccccc1)c1cccc(C)n1)c1ccccc1. The van der Waals surface area contributed by atoms with Gasteiger partial charge in [-0.15, -0.1) is 0 Å². The molecule has 0 fully saturated rings. The first-order chi connectivity index (χ1) is 13.1. The molecular weight excluding hydrogens is 338 g/mol. The normalized spacial score (nSPS) is 11.5. The summed E-state index contributed by atoms with van der Waals surface area (Å²) in [6.45, 7) is 1.84. The van der Waals surface area contributed by atoms with Crippen LogP contribution in [0.25, 0.3) is 11.1 Å². The minimum atomic E-state index is -0.580. The Morgan fingerprint density at radius 1 is 0.741 bits per heavy atom. The van der Waals surface area contributed by atoms with Gasteiger partial charge in [-0.3, -0.25) is 9.78 Å². The average Bonchev–Trinajstić information content (AvgIpc) is 2.72. The number of rotatable bonds is 5. The minimum Gasteiger partial charge on any atom is -0.465 e. The molecule has 0 amide bonds. The highest BCUT2D eigenvalue weighted by molar-refractivity contribution is 6.42. The predicted molar refractivity (Wildman–Crippen MR) is 105 cm³/mol. The lowest BCUT2D eigenvalue weighted by Crippen LogP contribution is -2.14. The largest absolute Gasteiger partial charge is 0.465 e. The molecule has 27 heavy (non-hydrogen) atoms. The number of carbonyl (C=O) groups excluding carboxylic acids is 2. The third kappa shape index (κ3) is 4.01. The van der Waals surface area contributed by atoms with Gasteiger partial charge in [0.25, 0.3) is 0 Å². The maximum atomic E-state index is 13.4. The highest BCUT2D eigenvalue weighted by atomic mass is 16.5. The second-order valence-corrected chi connectivity index (χ2v) is 5.97. The number of methoxy groups -OCH3 is 1. The van der Waals surface area contributed by atoms with E-state index in [0.717, 1.165) is 5.69 Å². The number of aromatic nitrogens is 1. The number of ketones is 1. The minimum absolute atomic E-state index is 0.199. The van der Waals surface area contributed by atoms with Gasteiger partial charge in [0.2, 0.25) is 0 Å². The number of pyridine rings is 1. The number of esters is 1. The Hall–Kier alpha value is -3.53. The van der Waals surface area contributed by atoms with Crippen LogP contribution >= 0.6 is 0 Å². The molecule has 3 rings (SSSR count). The lowest BCUT2D eigenvalue weighted by atomic mass is 9.91. The number of hydrogen-bond acceptors (Lipinski definition) is 4. The Bertz CT molecular complexity index is 992. The van der Waals surface area contributed by atoms with Gasteiger partial charge in [-0.1, -0.05) is 66.7 Å². The number of allylic oxidation sites excluding steroid dienone is 1. The molecule has 0 aliphatic rings. The molecule has 0 spiro atoms. The van der Waals surface area contributed by atoms with Crippen LogP contribution < -0.4 is 0 Å². The van der Waals surface area contributed by atoms with Crippen LogP contribution in [0.15, 0.2) is 78.9 Å². The molecule has 0 saturated carbocycles. The van der Waals surface area contributed by atoms with E-state index in [1.807, 2.05) is 43.3 Å². The first-order valence-electron chi connectivity index (χ1n) is 8.53. The molecule has 0 aliphatic carbocycles. The van der Waals surface area contributed by atoms with Crippen molar-refractivity contribution in [1.29, 1.82) is 0 Å². The fourth-order valence-corrected chi connectivity index (χ4v) is 2.85. The summed E-state index contributed by atoms with van der Waals surface area (Å²) in [5.74, 6) is -0.859. The highest BCUT2D eigenvalue weighted by Crippen LogP contribution is 2.30. The third-order valence-electron chi connectivity index (χ3n) is 4.11. The second kappa shape index (κ2) is 8.23. The predicted octanol–water partition coefficient (Wildman–Crippen LogP) is 4.36.